The molecule has 2 heterocycles. The van der Waals surface area contributed by atoms with Gasteiger partial charge < -0.3 is 19.7 Å². The van der Waals surface area contributed by atoms with Gasteiger partial charge >= 0.3 is 6.03 Å². The number of hydrogen-bond donors (Lipinski definition) is 1. The molecule has 9 heteroatoms. The van der Waals surface area contributed by atoms with Crippen LogP contribution in [0.4, 0.5) is 19.3 Å². The Bertz CT molecular complexity index is 1050. The topological polar surface area (TPSA) is 66.4 Å². The van der Waals surface area contributed by atoms with Gasteiger partial charge in [-0.1, -0.05) is 12.1 Å². The molecule has 0 saturated carbocycles. The number of amides is 2. The van der Waals surface area contributed by atoms with Crippen LogP contribution in [-0.2, 0) is 6.42 Å². The molecule has 1 N–H and O–H groups in total. The van der Waals surface area contributed by atoms with Crippen molar-refractivity contribution >= 4 is 17.4 Å². The zero-order valence-electron chi connectivity index (χ0n) is 18.5. The fraction of sp³-hybridized carbons (Fsp3) is 0.391. The highest BCUT2D eigenvalue weighted by atomic mass is 19.1. The summed E-state index contributed by atoms with van der Waals surface area (Å²) in [6.07, 6.45) is -0.441. The number of fused-ring (bicyclic) bond motifs is 1. The van der Waals surface area contributed by atoms with Gasteiger partial charge in [0.1, 0.15) is 11.9 Å². The van der Waals surface area contributed by atoms with Gasteiger partial charge in [-0.3, -0.25) is 0 Å². The Morgan fingerprint density at radius 3 is 2.44 bits per heavy atom. The number of carbonyl (C=O) groups excluding carboxylic acids is 1. The second-order valence-corrected chi connectivity index (χ2v) is 7.91. The lowest BCUT2D eigenvalue weighted by molar-refractivity contribution is 0.184. The molecule has 1 saturated heterocycles. The van der Waals surface area contributed by atoms with Crippen LogP contribution in [0.15, 0.2) is 35.4 Å². The molecule has 2 aromatic rings. The highest BCUT2D eigenvalue weighted by molar-refractivity contribution is 6.15. The van der Waals surface area contributed by atoms with Crippen LogP contribution in [0.5, 0.6) is 11.5 Å². The molecular formula is C23H26F2N4O3. The Labute approximate surface area is 185 Å². The first-order chi connectivity index (χ1) is 15.4. The van der Waals surface area contributed by atoms with Crippen molar-refractivity contribution in [2.24, 2.45) is 5.10 Å². The predicted octanol–water partition coefficient (Wildman–Crippen LogP) is 3.34. The zero-order chi connectivity index (χ0) is 23.0. The number of methoxy groups -OCH3 is 2. The maximum absolute atomic E-state index is 15.7. The quantitative estimate of drug-likeness (QED) is 0.786. The van der Waals surface area contributed by atoms with Gasteiger partial charge in [-0.05, 0) is 37.1 Å². The third-order valence-electron chi connectivity index (χ3n) is 5.84. The minimum Gasteiger partial charge on any atom is -0.493 e. The Balaban J connectivity index is 1.86. The number of benzene rings is 2. The van der Waals surface area contributed by atoms with Gasteiger partial charge in [0.15, 0.2) is 17.3 Å². The van der Waals surface area contributed by atoms with Crippen molar-refractivity contribution in [3.8, 4) is 11.5 Å². The van der Waals surface area contributed by atoms with E-state index in [1.54, 1.807) is 18.2 Å². The summed E-state index contributed by atoms with van der Waals surface area (Å²) < 4.78 is 39.6. The van der Waals surface area contributed by atoms with Gasteiger partial charge in [0.25, 0.3) is 0 Å². The Kier molecular flexibility index (Phi) is 5.90. The number of alkyl halides is 1. The molecule has 0 aliphatic carbocycles. The van der Waals surface area contributed by atoms with E-state index in [1.807, 2.05) is 24.0 Å². The van der Waals surface area contributed by atoms with Crippen LogP contribution >= 0.6 is 0 Å². The van der Waals surface area contributed by atoms with E-state index in [9.17, 15) is 9.18 Å². The van der Waals surface area contributed by atoms with E-state index in [2.05, 4.69) is 10.4 Å². The molecule has 0 radical (unpaired) electrons. The Hall–Kier alpha value is -3.36. The molecule has 2 aliphatic heterocycles. The van der Waals surface area contributed by atoms with Gasteiger partial charge in [0.2, 0.25) is 0 Å². The Morgan fingerprint density at radius 2 is 1.88 bits per heavy atom. The molecule has 1 unspecified atom stereocenters. The minimum absolute atomic E-state index is 0.0221. The van der Waals surface area contributed by atoms with Gasteiger partial charge in [0, 0.05) is 23.9 Å². The molecule has 7 nitrogen and oxygen atoms in total. The molecule has 0 aromatic heterocycles. The number of halogens is 2. The summed E-state index contributed by atoms with van der Waals surface area (Å²) in [7, 11) is 4.35. The number of carbonyl (C=O) groups is 1. The number of anilines is 1. The SMILES string of the molecule is CNC(=O)N1N=C(c2ccc(N3CC(F)C3)cc2)c2c(cc(OC)c(OC)c2F)CC1C. The lowest BCUT2D eigenvalue weighted by Crippen LogP contribution is -2.48. The molecule has 1 atom stereocenters. The molecule has 2 aromatic carbocycles. The summed E-state index contributed by atoms with van der Waals surface area (Å²) in [5.74, 6) is -0.345. The molecule has 0 bridgehead atoms. The first-order valence-electron chi connectivity index (χ1n) is 10.4. The van der Waals surface area contributed by atoms with Gasteiger partial charge in [-0.15, -0.1) is 0 Å². The predicted molar refractivity (Wildman–Crippen MR) is 118 cm³/mol. The van der Waals surface area contributed by atoms with Gasteiger partial charge in [0.05, 0.1) is 33.4 Å². The van der Waals surface area contributed by atoms with Crippen LogP contribution in [-0.4, -0.2) is 63.3 Å². The van der Waals surface area contributed by atoms with Crippen LogP contribution < -0.4 is 19.7 Å². The highest BCUT2D eigenvalue weighted by Crippen LogP contribution is 2.38. The standard InChI is InChI=1S/C23H26F2N4O3/c1-13-9-15-10-18(31-3)22(32-4)20(25)19(15)21(27-29(13)23(30)26-2)14-5-7-17(8-6-14)28-11-16(24)12-28/h5-8,10,13,16H,9,11-12H2,1-4H3,(H,26,30). The van der Waals surface area contributed by atoms with E-state index in [1.165, 1.54) is 26.3 Å². The number of hydrogen-bond acceptors (Lipinski definition) is 5. The summed E-state index contributed by atoms with van der Waals surface area (Å²) in [4.78, 5) is 14.5. The second-order valence-electron chi connectivity index (χ2n) is 7.91. The maximum atomic E-state index is 15.7. The van der Waals surface area contributed by atoms with Crippen molar-refractivity contribution in [2.45, 2.75) is 25.6 Å². The summed E-state index contributed by atoms with van der Waals surface area (Å²) in [5, 5.41) is 8.49. The van der Waals surface area contributed by atoms with E-state index in [-0.39, 0.29) is 23.1 Å². The number of urea groups is 1. The van der Waals surface area contributed by atoms with Crippen LogP contribution in [0.25, 0.3) is 0 Å². The van der Waals surface area contributed by atoms with Crippen molar-refractivity contribution in [1.82, 2.24) is 10.3 Å². The van der Waals surface area contributed by atoms with Crippen molar-refractivity contribution < 1.29 is 23.0 Å². The van der Waals surface area contributed by atoms with Crippen LogP contribution in [0.2, 0.25) is 0 Å². The smallest absolute Gasteiger partial charge is 0.337 e. The fourth-order valence-electron chi connectivity index (χ4n) is 4.11. The normalized spacial score (nSPS) is 18.3. The maximum Gasteiger partial charge on any atom is 0.337 e. The van der Waals surface area contributed by atoms with Crippen molar-refractivity contribution in [2.75, 3.05) is 39.3 Å². The third-order valence-corrected chi connectivity index (χ3v) is 5.84. The molecule has 1 fully saturated rings. The number of hydrazone groups is 1. The summed E-state index contributed by atoms with van der Waals surface area (Å²) in [5.41, 5.74) is 2.74. The van der Waals surface area contributed by atoms with Crippen LogP contribution in [0, 0.1) is 5.82 Å². The lowest BCUT2D eigenvalue weighted by atomic mass is 9.93. The molecule has 32 heavy (non-hydrogen) atoms. The average molecular weight is 444 g/mol. The summed E-state index contributed by atoms with van der Waals surface area (Å²) in [6, 6.07) is 8.31. The van der Waals surface area contributed by atoms with Gasteiger partial charge in [-0.2, -0.15) is 5.10 Å². The van der Waals surface area contributed by atoms with E-state index in [0.29, 0.717) is 36.3 Å². The first-order valence-corrected chi connectivity index (χ1v) is 10.4. The highest BCUT2D eigenvalue weighted by Gasteiger charge is 2.32. The number of ether oxygens (including phenoxy) is 2. The molecule has 4 rings (SSSR count). The molecule has 2 aliphatic rings. The Morgan fingerprint density at radius 1 is 1.19 bits per heavy atom. The molecule has 0 spiro atoms. The van der Waals surface area contributed by atoms with Crippen LogP contribution in [0.1, 0.15) is 23.6 Å². The van der Waals surface area contributed by atoms with Crippen molar-refractivity contribution in [3.63, 3.8) is 0 Å². The summed E-state index contributed by atoms with van der Waals surface area (Å²) >= 11 is 0. The van der Waals surface area contributed by atoms with Crippen LogP contribution in [0.3, 0.4) is 0 Å². The number of nitrogens with one attached hydrogen (secondary N) is 1. The average Bonchev–Trinajstić information content (AvgIpc) is 2.92. The minimum atomic E-state index is -0.813. The first kappa shape index (κ1) is 21.9. The number of rotatable bonds is 4. The zero-order valence-corrected chi connectivity index (χ0v) is 18.5. The van der Waals surface area contributed by atoms with E-state index in [0.717, 1.165) is 5.69 Å². The van der Waals surface area contributed by atoms with E-state index >= 15 is 4.39 Å². The fourth-order valence-corrected chi connectivity index (χ4v) is 4.11. The lowest BCUT2D eigenvalue weighted by Gasteiger charge is -2.36. The van der Waals surface area contributed by atoms with E-state index in [4.69, 9.17) is 9.47 Å². The monoisotopic (exact) mass is 444 g/mol. The molecule has 2 amide bonds. The van der Waals surface area contributed by atoms with Crippen molar-refractivity contribution in [3.05, 3.63) is 52.8 Å². The van der Waals surface area contributed by atoms with Crippen molar-refractivity contribution in [1.29, 1.82) is 0 Å². The largest absolute Gasteiger partial charge is 0.493 e. The number of nitrogens with zero attached hydrogens (tertiary/aromatic N) is 3. The third kappa shape index (κ3) is 3.72. The summed E-state index contributed by atoms with van der Waals surface area (Å²) in [6.45, 7) is 2.56. The molecule has 170 valence electrons. The molecular weight excluding hydrogens is 418 g/mol. The van der Waals surface area contributed by atoms with E-state index < -0.39 is 18.0 Å². The van der Waals surface area contributed by atoms with Gasteiger partial charge in [-0.25, -0.2) is 18.6 Å². The second kappa shape index (κ2) is 8.64.